The number of carbonyl (C=O) groups excluding carboxylic acids is 1. The predicted octanol–water partition coefficient (Wildman–Crippen LogP) is 2.23. The zero-order valence-corrected chi connectivity index (χ0v) is 11.2. The topological polar surface area (TPSA) is 91.6 Å². The largest absolute Gasteiger partial charge is 0.487 e. The Morgan fingerprint density at radius 1 is 1.53 bits per heavy atom. The van der Waals surface area contributed by atoms with Gasteiger partial charge in [0.1, 0.15) is 6.20 Å². The van der Waals surface area contributed by atoms with Gasteiger partial charge in [0.25, 0.3) is 0 Å². The fourth-order valence-corrected chi connectivity index (χ4v) is 1.51. The highest BCUT2D eigenvalue weighted by Crippen LogP contribution is 2.30. The van der Waals surface area contributed by atoms with Crippen LogP contribution in [0.2, 0.25) is 0 Å². The average molecular weight is 289 g/mol. The van der Waals surface area contributed by atoms with Crippen LogP contribution in [0.1, 0.15) is 24.9 Å². The van der Waals surface area contributed by atoms with E-state index in [2.05, 4.69) is 4.98 Å². The molecular formula is C11H13ClN2O5. The van der Waals surface area contributed by atoms with Crippen LogP contribution < -0.4 is 4.74 Å². The summed E-state index contributed by atoms with van der Waals surface area (Å²) in [6.45, 7) is 3.77. The van der Waals surface area contributed by atoms with Gasteiger partial charge in [-0.3, -0.25) is 19.9 Å². The van der Waals surface area contributed by atoms with Crippen molar-refractivity contribution in [2.45, 2.75) is 19.2 Å². The molecule has 0 radical (unpaired) electrons. The maximum Gasteiger partial charge on any atom is 0.330 e. The molecule has 0 saturated heterocycles. The third kappa shape index (κ3) is 3.78. The molecule has 19 heavy (non-hydrogen) atoms. The molecule has 1 aromatic heterocycles. The monoisotopic (exact) mass is 288 g/mol. The first-order valence-corrected chi connectivity index (χ1v) is 6.02. The van der Waals surface area contributed by atoms with E-state index >= 15 is 0 Å². The minimum Gasteiger partial charge on any atom is -0.487 e. The lowest BCUT2D eigenvalue weighted by molar-refractivity contribution is -0.386. The number of pyridine rings is 1. The third-order valence-corrected chi connectivity index (χ3v) is 2.52. The summed E-state index contributed by atoms with van der Waals surface area (Å²) in [5.74, 6) is -0.639. The standard InChI is InChI=1S/C11H13ClN2O5/c1-3-18-9-5-7(10(12)11(15)19-4-2)13-6-8(9)14(16)17/h5-6,10H,3-4H2,1-2H3. The molecule has 1 atom stereocenters. The summed E-state index contributed by atoms with van der Waals surface area (Å²) in [5, 5.41) is 9.65. The summed E-state index contributed by atoms with van der Waals surface area (Å²) in [4.78, 5) is 25.4. The third-order valence-electron chi connectivity index (χ3n) is 2.12. The van der Waals surface area contributed by atoms with Crippen LogP contribution in [0.25, 0.3) is 0 Å². The Kier molecular flexibility index (Phi) is 5.50. The fourth-order valence-electron chi connectivity index (χ4n) is 1.33. The lowest BCUT2D eigenvalue weighted by Gasteiger charge is -2.10. The Morgan fingerprint density at radius 3 is 2.74 bits per heavy atom. The molecule has 0 N–H and O–H groups in total. The van der Waals surface area contributed by atoms with Gasteiger partial charge in [0.2, 0.25) is 5.75 Å². The van der Waals surface area contributed by atoms with Crippen molar-refractivity contribution < 1.29 is 19.2 Å². The molecule has 0 aliphatic heterocycles. The molecule has 0 aromatic carbocycles. The van der Waals surface area contributed by atoms with Gasteiger partial charge in [-0.05, 0) is 13.8 Å². The maximum atomic E-state index is 11.5. The van der Waals surface area contributed by atoms with E-state index in [-0.39, 0.29) is 30.3 Å². The molecule has 0 amide bonds. The number of alkyl halides is 1. The molecule has 0 fully saturated rings. The van der Waals surface area contributed by atoms with Gasteiger partial charge in [-0.25, -0.2) is 0 Å². The number of halogens is 1. The van der Waals surface area contributed by atoms with Gasteiger partial charge in [0.15, 0.2) is 5.38 Å². The van der Waals surface area contributed by atoms with Crippen molar-refractivity contribution in [2.75, 3.05) is 13.2 Å². The van der Waals surface area contributed by atoms with Crippen molar-refractivity contribution in [2.24, 2.45) is 0 Å². The van der Waals surface area contributed by atoms with E-state index in [0.29, 0.717) is 0 Å². The molecule has 1 aromatic rings. The van der Waals surface area contributed by atoms with Gasteiger partial charge in [0.05, 0.1) is 23.8 Å². The Balaban J connectivity index is 3.07. The highest BCUT2D eigenvalue weighted by atomic mass is 35.5. The lowest BCUT2D eigenvalue weighted by atomic mass is 10.2. The fraction of sp³-hybridized carbons (Fsp3) is 0.455. The SMILES string of the molecule is CCOC(=O)C(Cl)c1cc(OCC)c([N+](=O)[O-])cn1. The Bertz CT molecular complexity index is 480. The highest BCUT2D eigenvalue weighted by molar-refractivity contribution is 6.29. The Morgan fingerprint density at radius 2 is 2.21 bits per heavy atom. The summed E-state index contributed by atoms with van der Waals surface area (Å²) in [5.41, 5.74) is -0.132. The summed E-state index contributed by atoms with van der Waals surface area (Å²) in [6.07, 6.45) is 1.01. The van der Waals surface area contributed by atoms with E-state index in [1.54, 1.807) is 13.8 Å². The number of nitro groups is 1. The second-order valence-corrected chi connectivity index (χ2v) is 3.82. The van der Waals surface area contributed by atoms with Crippen LogP contribution in [0.3, 0.4) is 0 Å². The maximum absolute atomic E-state index is 11.5. The Labute approximate surface area is 114 Å². The number of aromatic nitrogens is 1. The van der Waals surface area contributed by atoms with Crippen molar-refractivity contribution in [3.63, 3.8) is 0 Å². The number of esters is 1. The van der Waals surface area contributed by atoms with E-state index in [0.717, 1.165) is 6.20 Å². The second-order valence-electron chi connectivity index (χ2n) is 3.38. The van der Waals surface area contributed by atoms with E-state index in [4.69, 9.17) is 21.1 Å². The smallest absolute Gasteiger partial charge is 0.330 e. The minimum absolute atomic E-state index is 0.0208. The second kappa shape index (κ2) is 6.89. The van der Waals surface area contributed by atoms with E-state index in [9.17, 15) is 14.9 Å². The quantitative estimate of drug-likeness (QED) is 0.345. The van der Waals surface area contributed by atoms with Crippen molar-refractivity contribution in [3.8, 4) is 5.75 Å². The van der Waals surface area contributed by atoms with Crippen molar-refractivity contribution in [1.29, 1.82) is 0 Å². The molecule has 0 bridgehead atoms. The first-order valence-electron chi connectivity index (χ1n) is 5.59. The molecule has 7 nitrogen and oxygen atoms in total. The highest BCUT2D eigenvalue weighted by Gasteiger charge is 2.24. The van der Waals surface area contributed by atoms with Crippen LogP contribution in [0, 0.1) is 10.1 Å². The summed E-state index contributed by atoms with van der Waals surface area (Å²) in [6, 6.07) is 1.27. The van der Waals surface area contributed by atoms with Gasteiger partial charge < -0.3 is 9.47 Å². The van der Waals surface area contributed by atoms with Crippen LogP contribution in [-0.2, 0) is 9.53 Å². The lowest BCUT2D eigenvalue weighted by Crippen LogP contribution is -2.13. The van der Waals surface area contributed by atoms with Crippen LogP contribution in [0.4, 0.5) is 5.69 Å². The van der Waals surface area contributed by atoms with Crippen LogP contribution in [-0.4, -0.2) is 29.1 Å². The van der Waals surface area contributed by atoms with Crippen molar-refractivity contribution in [1.82, 2.24) is 4.98 Å². The van der Waals surface area contributed by atoms with E-state index in [1.807, 2.05) is 0 Å². The predicted molar refractivity (Wildman–Crippen MR) is 67.3 cm³/mol. The van der Waals surface area contributed by atoms with Crippen LogP contribution in [0.15, 0.2) is 12.3 Å². The molecule has 1 rings (SSSR count). The normalized spacial score (nSPS) is 11.7. The van der Waals surface area contributed by atoms with Crippen molar-refractivity contribution in [3.05, 3.63) is 28.1 Å². The summed E-state index contributed by atoms with van der Waals surface area (Å²) >= 11 is 5.88. The Hall–Kier alpha value is -1.89. The van der Waals surface area contributed by atoms with Crippen LogP contribution in [0.5, 0.6) is 5.75 Å². The molecule has 0 saturated carbocycles. The molecule has 8 heteroatoms. The van der Waals surface area contributed by atoms with Crippen LogP contribution >= 0.6 is 11.6 Å². The van der Waals surface area contributed by atoms with Gasteiger partial charge in [-0.15, -0.1) is 11.6 Å². The van der Waals surface area contributed by atoms with Gasteiger partial charge >= 0.3 is 11.7 Å². The van der Waals surface area contributed by atoms with Gasteiger partial charge in [-0.1, -0.05) is 0 Å². The zero-order valence-electron chi connectivity index (χ0n) is 10.5. The molecule has 0 aliphatic rings. The molecule has 0 spiro atoms. The molecule has 104 valence electrons. The molecular weight excluding hydrogens is 276 g/mol. The number of carbonyl (C=O) groups is 1. The average Bonchev–Trinajstić information content (AvgIpc) is 2.38. The molecule has 1 heterocycles. The number of ether oxygens (including phenoxy) is 2. The summed E-state index contributed by atoms with van der Waals surface area (Å²) in [7, 11) is 0. The summed E-state index contributed by atoms with van der Waals surface area (Å²) < 4.78 is 9.89. The molecule has 1 unspecified atom stereocenters. The molecule has 0 aliphatic carbocycles. The number of rotatable bonds is 6. The number of hydrogen-bond donors (Lipinski definition) is 0. The minimum atomic E-state index is -1.13. The zero-order chi connectivity index (χ0) is 14.4. The first kappa shape index (κ1) is 15.2. The van der Waals surface area contributed by atoms with E-state index in [1.165, 1.54) is 6.07 Å². The first-order chi connectivity index (χ1) is 9.01. The van der Waals surface area contributed by atoms with Gasteiger partial charge in [0, 0.05) is 6.07 Å². The number of nitrogens with zero attached hydrogens (tertiary/aromatic N) is 2. The van der Waals surface area contributed by atoms with Gasteiger partial charge in [-0.2, -0.15) is 0 Å². The number of hydrogen-bond acceptors (Lipinski definition) is 6. The van der Waals surface area contributed by atoms with E-state index < -0.39 is 16.3 Å². The van der Waals surface area contributed by atoms with Crippen molar-refractivity contribution >= 4 is 23.3 Å².